The second kappa shape index (κ2) is 5.61. The van der Waals surface area contributed by atoms with Gasteiger partial charge in [0, 0.05) is 6.92 Å². The first kappa shape index (κ1) is 11.0. The molecule has 0 unspecified atom stereocenters. The van der Waals surface area contributed by atoms with Crippen molar-refractivity contribution in [2.24, 2.45) is 0 Å². The van der Waals surface area contributed by atoms with Gasteiger partial charge in [0.1, 0.15) is 11.3 Å². The fourth-order valence-electron chi connectivity index (χ4n) is 0.654. The zero-order valence-electron chi connectivity index (χ0n) is 7.06. The van der Waals surface area contributed by atoms with Gasteiger partial charge in [-0.2, -0.15) is 5.26 Å². The highest BCUT2D eigenvalue weighted by molar-refractivity contribution is 5.90. The van der Waals surface area contributed by atoms with Crippen LogP contribution in [0.1, 0.15) is 17.3 Å². The maximum absolute atomic E-state index is 10.3. The van der Waals surface area contributed by atoms with E-state index in [0.29, 0.717) is 0 Å². The molecule has 0 aliphatic carbocycles. The van der Waals surface area contributed by atoms with E-state index < -0.39 is 5.97 Å². The Morgan fingerprint density at radius 1 is 1.46 bits per heavy atom. The van der Waals surface area contributed by atoms with Crippen LogP contribution in [0, 0.1) is 11.3 Å². The molecule has 13 heavy (non-hydrogen) atoms. The molecule has 4 nitrogen and oxygen atoms in total. The number of aromatic carboxylic acids is 1. The van der Waals surface area contributed by atoms with Gasteiger partial charge in [-0.15, -0.1) is 0 Å². The van der Waals surface area contributed by atoms with E-state index >= 15 is 0 Å². The van der Waals surface area contributed by atoms with Gasteiger partial charge in [0.05, 0.1) is 6.07 Å². The molecule has 1 aromatic carbocycles. The van der Waals surface area contributed by atoms with Crippen molar-refractivity contribution in [3.05, 3.63) is 29.8 Å². The maximum Gasteiger partial charge on any atom is 0.339 e. The molecule has 1 aromatic rings. The summed E-state index contributed by atoms with van der Waals surface area (Å²) >= 11 is 0. The Morgan fingerprint density at radius 2 is 1.92 bits per heavy atom. The van der Waals surface area contributed by atoms with Gasteiger partial charge < -0.3 is 10.2 Å². The fourth-order valence-corrected chi connectivity index (χ4v) is 0.654. The molecule has 0 spiro atoms. The van der Waals surface area contributed by atoms with Crippen LogP contribution in [0.2, 0.25) is 0 Å². The number of carboxylic acid groups (broad SMARTS) is 1. The topological polar surface area (TPSA) is 81.3 Å². The van der Waals surface area contributed by atoms with Gasteiger partial charge in [0.15, 0.2) is 0 Å². The third-order valence-corrected chi connectivity index (χ3v) is 1.13. The molecule has 0 aliphatic heterocycles. The molecule has 0 heterocycles. The van der Waals surface area contributed by atoms with E-state index in [-0.39, 0.29) is 11.3 Å². The molecule has 0 aliphatic rings. The average Bonchev–Trinajstić information content (AvgIpc) is 2.06. The van der Waals surface area contributed by atoms with E-state index in [1.807, 2.05) is 0 Å². The SMILES string of the molecule is CC#N.O=C(O)c1ccccc1O. The Balaban J connectivity index is 0.000000424. The number of aromatic hydroxyl groups is 1. The Hall–Kier alpha value is -2.02. The molecule has 1 rings (SSSR count). The van der Waals surface area contributed by atoms with Crippen molar-refractivity contribution in [1.29, 1.82) is 5.26 Å². The first-order valence-corrected chi connectivity index (χ1v) is 3.45. The Morgan fingerprint density at radius 3 is 2.23 bits per heavy atom. The van der Waals surface area contributed by atoms with Crippen molar-refractivity contribution < 1.29 is 15.0 Å². The van der Waals surface area contributed by atoms with Gasteiger partial charge in [-0.25, -0.2) is 4.79 Å². The monoisotopic (exact) mass is 179 g/mol. The van der Waals surface area contributed by atoms with E-state index in [0.717, 1.165) is 0 Å². The van der Waals surface area contributed by atoms with Gasteiger partial charge >= 0.3 is 5.97 Å². The molecule has 0 fully saturated rings. The smallest absolute Gasteiger partial charge is 0.339 e. The molecule has 0 radical (unpaired) electrons. The first-order valence-electron chi connectivity index (χ1n) is 3.45. The molecule has 0 saturated heterocycles. The summed E-state index contributed by atoms with van der Waals surface area (Å²) < 4.78 is 0. The lowest BCUT2D eigenvalue weighted by Crippen LogP contribution is -1.95. The number of nitriles is 1. The molecule has 0 atom stereocenters. The van der Waals surface area contributed by atoms with Gasteiger partial charge in [0.25, 0.3) is 0 Å². The molecular formula is C9H9NO3. The van der Waals surface area contributed by atoms with Crippen molar-refractivity contribution in [3.63, 3.8) is 0 Å². The van der Waals surface area contributed by atoms with Crippen LogP contribution in [0.5, 0.6) is 5.75 Å². The normalized spacial score (nSPS) is 7.69. The standard InChI is InChI=1S/C7H6O3.C2H3N/c8-6-4-2-1-3-5(6)7(9)10;1-2-3/h1-4,8H,(H,9,10);1H3. The quantitative estimate of drug-likeness (QED) is 0.686. The third-order valence-electron chi connectivity index (χ3n) is 1.13. The summed E-state index contributed by atoms with van der Waals surface area (Å²) in [7, 11) is 0. The highest BCUT2D eigenvalue weighted by Gasteiger charge is 2.05. The number of phenols is 1. The minimum Gasteiger partial charge on any atom is -0.507 e. The Labute approximate surface area is 75.7 Å². The molecule has 0 amide bonds. The van der Waals surface area contributed by atoms with Crippen LogP contribution in [0.25, 0.3) is 0 Å². The summed E-state index contributed by atoms with van der Waals surface area (Å²) in [6, 6.07) is 7.56. The van der Waals surface area contributed by atoms with Crippen molar-refractivity contribution in [1.82, 2.24) is 0 Å². The number of rotatable bonds is 1. The second-order valence-electron chi connectivity index (χ2n) is 2.05. The number of carbonyl (C=O) groups is 1. The zero-order chi connectivity index (χ0) is 10.3. The van der Waals surface area contributed by atoms with Crippen molar-refractivity contribution in [2.45, 2.75) is 6.92 Å². The van der Waals surface area contributed by atoms with Gasteiger partial charge in [-0.1, -0.05) is 12.1 Å². The van der Waals surface area contributed by atoms with E-state index in [1.54, 1.807) is 18.2 Å². The van der Waals surface area contributed by atoms with Gasteiger partial charge in [-0.3, -0.25) is 0 Å². The van der Waals surface area contributed by atoms with Crippen molar-refractivity contribution in [2.75, 3.05) is 0 Å². The van der Waals surface area contributed by atoms with Crippen LogP contribution in [-0.2, 0) is 0 Å². The summed E-state index contributed by atoms with van der Waals surface area (Å²) in [5.74, 6) is -1.31. The number of para-hydroxylation sites is 1. The largest absolute Gasteiger partial charge is 0.507 e. The predicted molar refractivity (Wildman–Crippen MR) is 46.4 cm³/mol. The summed E-state index contributed by atoms with van der Waals surface area (Å²) in [6.45, 7) is 1.43. The molecular weight excluding hydrogens is 170 g/mol. The van der Waals surface area contributed by atoms with Crippen LogP contribution >= 0.6 is 0 Å². The highest BCUT2D eigenvalue weighted by Crippen LogP contribution is 2.14. The first-order chi connectivity index (χ1) is 6.13. The van der Waals surface area contributed by atoms with E-state index in [1.165, 1.54) is 19.1 Å². The molecule has 0 bridgehead atoms. The molecule has 2 N–H and O–H groups in total. The van der Waals surface area contributed by atoms with Crippen molar-refractivity contribution >= 4 is 5.97 Å². The number of benzene rings is 1. The molecule has 68 valence electrons. The minimum absolute atomic E-state index is 0.0671. The highest BCUT2D eigenvalue weighted by atomic mass is 16.4. The second-order valence-corrected chi connectivity index (χ2v) is 2.05. The van der Waals surface area contributed by atoms with Crippen LogP contribution in [0.4, 0.5) is 0 Å². The Kier molecular flexibility index (Phi) is 4.74. The lowest BCUT2D eigenvalue weighted by Gasteiger charge is -1.95. The molecule has 0 aromatic heterocycles. The minimum atomic E-state index is -1.11. The summed E-state index contributed by atoms with van der Waals surface area (Å²) in [4.78, 5) is 10.3. The lowest BCUT2D eigenvalue weighted by molar-refractivity contribution is 0.0694. The van der Waals surface area contributed by atoms with Gasteiger partial charge in [0.2, 0.25) is 0 Å². The lowest BCUT2D eigenvalue weighted by atomic mass is 10.2. The van der Waals surface area contributed by atoms with E-state index in [2.05, 4.69) is 0 Å². The predicted octanol–water partition coefficient (Wildman–Crippen LogP) is 1.62. The average molecular weight is 179 g/mol. The number of hydrogen-bond donors (Lipinski definition) is 2. The zero-order valence-corrected chi connectivity index (χ0v) is 7.06. The van der Waals surface area contributed by atoms with Crippen LogP contribution in [0.15, 0.2) is 24.3 Å². The van der Waals surface area contributed by atoms with Crippen LogP contribution in [0.3, 0.4) is 0 Å². The van der Waals surface area contributed by atoms with E-state index in [4.69, 9.17) is 15.5 Å². The number of nitrogens with zero attached hydrogens (tertiary/aromatic N) is 1. The number of carboxylic acids is 1. The summed E-state index contributed by atoms with van der Waals surface area (Å²) in [6.07, 6.45) is 0. The van der Waals surface area contributed by atoms with E-state index in [9.17, 15) is 4.79 Å². The summed E-state index contributed by atoms with van der Waals surface area (Å²) in [5.41, 5.74) is -0.0671. The fraction of sp³-hybridized carbons (Fsp3) is 0.111. The number of hydrogen-bond acceptors (Lipinski definition) is 3. The van der Waals surface area contributed by atoms with Crippen molar-refractivity contribution in [3.8, 4) is 11.8 Å². The van der Waals surface area contributed by atoms with Gasteiger partial charge in [-0.05, 0) is 12.1 Å². The molecule has 4 heteroatoms. The van der Waals surface area contributed by atoms with Crippen LogP contribution < -0.4 is 0 Å². The Bertz CT molecular complexity index is 328. The maximum atomic E-state index is 10.3. The van der Waals surface area contributed by atoms with Crippen LogP contribution in [-0.4, -0.2) is 16.2 Å². The third kappa shape index (κ3) is 3.77. The summed E-state index contributed by atoms with van der Waals surface area (Å²) in [5, 5.41) is 24.6. The molecule has 0 saturated carbocycles.